The third kappa shape index (κ3) is 4.38. The Morgan fingerprint density at radius 2 is 1.55 bits per heavy atom. The Hall–Kier alpha value is -2.46. The normalized spacial score (nSPS) is 15.2. The van der Waals surface area contributed by atoms with E-state index >= 15 is 0 Å². The number of nitrogens with zero attached hydrogens (tertiary/aromatic N) is 1. The van der Waals surface area contributed by atoms with E-state index < -0.39 is 0 Å². The summed E-state index contributed by atoms with van der Waals surface area (Å²) in [4.78, 5) is 0. The van der Waals surface area contributed by atoms with Gasteiger partial charge in [-0.05, 0) is 60.9 Å². The van der Waals surface area contributed by atoms with Crippen molar-refractivity contribution in [1.82, 2.24) is 0 Å². The number of thiocarbonyl (C=S) groups is 1. The summed E-state index contributed by atoms with van der Waals surface area (Å²) in [7, 11) is 0. The van der Waals surface area contributed by atoms with Gasteiger partial charge in [0, 0.05) is 34.3 Å². The predicted molar refractivity (Wildman–Crippen MR) is 146 cm³/mol. The first-order chi connectivity index (χ1) is 16.2. The Balaban J connectivity index is 1.90. The van der Waals surface area contributed by atoms with Crippen molar-refractivity contribution < 1.29 is 4.57 Å². The van der Waals surface area contributed by atoms with Crippen molar-refractivity contribution >= 4 is 39.8 Å². The SMILES string of the molecule is CSC(=S)C1CCCc2c(-c3ccccc3)cc(-c3ccccc3)[n+](-c3ccc(Cl)cc3)c21. The number of hydrogen-bond donors (Lipinski definition) is 0. The van der Waals surface area contributed by atoms with Crippen LogP contribution >= 0.6 is 35.6 Å². The molecule has 0 bridgehead atoms. The Bertz CT molecular complexity index is 1290. The fourth-order valence-corrected chi connectivity index (χ4v) is 5.75. The molecule has 1 unspecified atom stereocenters. The fourth-order valence-electron chi connectivity index (χ4n) is 4.88. The van der Waals surface area contributed by atoms with Crippen LogP contribution in [0.3, 0.4) is 0 Å². The van der Waals surface area contributed by atoms with E-state index in [4.69, 9.17) is 23.8 Å². The van der Waals surface area contributed by atoms with Crippen LogP contribution in [0, 0.1) is 0 Å². The van der Waals surface area contributed by atoms with E-state index in [0.717, 1.165) is 34.2 Å². The molecule has 0 spiro atoms. The maximum Gasteiger partial charge on any atom is 0.219 e. The molecule has 0 radical (unpaired) electrons. The number of hydrogen-bond acceptors (Lipinski definition) is 2. The summed E-state index contributed by atoms with van der Waals surface area (Å²) in [5.41, 5.74) is 8.77. The summed E-state index contributed by atoms with van der Waals surface area (Å²) in [5.74, 6) is 0.223. The standard InChI is InChI=1S/C29H25ClNS2/c1-33-29(32)25-14-8-13-24-26(20-9-4-2-5-10-20)19-27(21-11-6-3-7-12-21)31(28(24)25)23-17-15-22(30)16-18-23/h2-7,9-12,15-19,25H,8,13-14H2,1H3/q+1. The number of aromatic nitrogens is 1. The summed E-state index contributed by atoms with van der Waals surface area (Å²) in [6.45, 7) is 0. The summed E-state index contributed by atoms with van der Waals surface area (Å²) in [6, 6.07) is 32.0. The van der Waals surface area contributed by atoms with Gasteiger partial charge in [-0.1, -0.05) is 72.3 Å². The van der Waals surface area contributed by atoms with Crippen LogP contribution in [0.15, 0.2) is 91.0 Å². The van der Waals surface area contributed by atoms with Gasteiger partial charge in [0.15, 0.2) is 0 Å². The molecular formula is C29H25ClNS2+. The second-order valence-corrected chi connectivity index (χ2v) is 10.3. The zero-order valence-corrected chi connectivity index (χ0v) is 20.9. The second kappa shape index (κ2) is 9.80. The topological polar surface area (TPSA) is 3.88 Å². The molecule has 0 saturated heterocycles. The van der Waals surface area contributed by atoms with Gasteiger partial charge in [0.1, 0.15) is 0 Å². The van der Waals surface area contributed by atoms with Crippen molar-refractivity contribution in [3.8, 4) is 28.1 Å². The van der Waals surface area contributed by atoms with E-state index in [1.807, 2.05) is 12.1 Å². The van der Waals surface area contributed by atoms with Crippen LogP contribution in [0.4, 0.5) is 0 Å². The Morgan fingerprint density at radius 1 is 0.909 bits per heavy atom. The lowest BCUT2D eigenvalue weighted by Gasteiger charge is -2.26. The van der Waals surface area contributed by atoms with Crippen LogP contribution < -0.4 is 4.57 Å². The number of halogens is 1. The van der Waals surface area contributed by atoms with E-state index in [9.17, 15) is 0 Å². The third-order valence-corrected chi connectivity index (χ3v) is 8.10. The highest BCUT2D eigenvalue weighted by molar-refractivity contribution is 8.22. The molecular weight excluding hydrogens is 462 g/mol. The van der Waals surface area contributed by atoms with Gasteiger partial charge in [0.05, 0.1) is 10.1 Å². The van der Waals surface area contributed by atoms with Crippen LogP contribution in [-0.4, -0.2) is 10.5 Å². The molecule has 0 aliphatic heterocycles. The van der Waals surface area contributed by atoms with Crippen molar-refractivity contribution in [1.29, 1.82) is 0 Å². The molecule has 3 aromatic carbocycles. The minimum atomic E-state index is 0.223. The van der Waals surface area contributed by atoms with Gasteiger partial charge in [-0.3, -0.25) is 0 Å². The van der Waals surface area contributed by atoms with Crippen LogP contribution in [0.2, 0.25) is 5.02 Å². The molecule has 164 valence electrons. The maximum atomic E-state index is 6.27. The van der Waals surface area contributed by atoms with Gasteiger partial charge in [-0.2, -0.15) is 4.57 Å². The summed E-state index contributed by atoms with van der Waals surface area (Å²) < 4.78 is 3.49. The number of thioether (sulfide) groups is 1. The Labute approximate surface area is 210 Å². The first-order valence-corrected chi connectivity index (χ1v) is 13.2. The lowest BCUT2D eigenvalue weighted by molar-refractivity contribution is -0.594. The van der Waals surface area contributed by atoms with E-state index in [0.29, 0.717) is 0 Å². The van der Waals surface area contributed by atoms with Crippen molar-refractivity contribution in [2.24, 2.45) is 0 Å². The van der Waals surface area contributed by atoms with Crippen LogP contribution in [-0.2, 0) is 6.42 Å². The molecule has 1 aromatic heterocycles. The minimum absolute atomic E-state index is 0.223. The summed E-state index contributed by atoms with van der Waals surface area (Å²) in [5, 5.41) is 0.742. The molecule has 0 fully saturated rings. The predicted octanol–water partition coefficient (Wildman–Crippen LogP) is 8.06. The first kappa shape index (κ1) is 22.3. The molecule has 4 heteroatoms. The zero-order valence-electron chi connectivity index (χ0n) is 18.5. The van der Waals surface area contributed by atoms with E-state index in [1.165, 1.54) is 33.6 Å². The quantitative estimate of drug-likeness (QED) is 0.212. The molecule has 1 aliphatic carbocycles. The monoisotopic (exact) mass is 486 g/mol. The summed E-state index contributed by atoms with van der Waals surface area (Å²) >= 11 is 13.9. The lowest BCUT2D eigenvalue weighted by Crippen LogP contribution is -2.43. The molecule has 1 heterocycles. The fraction of sp³-hybridized carbons (Fsp3) is 0.172. The molecule has 4 aromatic rings. The second-order valence-electron chi connectivity index (χ2n) is 8.32. The van der Waals surface area contributed by atoms with E-state index in [2.05, 4.69) is 89.7 Å². The molecule has 0 N–H and O–H groups in total. The smallest absolute Gasteiger partial charge is 0.156 e. The van der Waals surface area contributed by atoms with Crippen molar-refractivity contribution in [2.75, 3.05) is 6.26 Å². The van der Waals surface area contributed by atoms with Gasteiger partial charge >= 0.3 is 0 Å². The molecule has 1 nitrogen and oxygen atoms in total. The molecule has 1 atom stereocenters. The first-order valence-electron chi connectivity index (χ1n) is 11.2. The van der Waals surface area contributed by atoms with Crippen LogP contribution in [0.25, 0.3) is 28.1 Å². The van der Waals surface area contributed by atoms with Crippen molar-refractivity contribution in [2.45, 2.75) is 25.2 Å². The van der Waals surface area contributed by atoms with Crippen molar-refractivity contribution in [3.63, 3.8) is 0 Å². The number of fused-ring (bicyclic) bond motifs is 1. The average molecular weight is 487 g/mol. The molecule has 0 saturated carbocycles. The van der Waals surface area contributed by atoms with Gasteiger partial charge in [0.25, 0.3) is 0 Å². The highest BCUT2D eigenvalue weighted by Crippen LogP contribution is 2.40. The molecule has 5 rings (SSSR count). The zero-order chi connectivity index (χ0) is 22.8. The van der Waals surface area contributed by atoms with Crippen LogP contribution in [0.5, 0.6) is 0 Å². The van der Waals surface area contributed by atoms with Gasteiger partial charge in [-0.15, -0.1) is 11.8 Å². The average Bonchev–Trinajstić information content (AvgIpc) is 2.88. The van der Waals surface area contributed by atoms with Gasteiger partial charge < -0.3 is 0 Å². The van der Waals surface area contributed by atoms with E-state index in [-0.39, 0.29) is 5.92 Å². The Morgan fingerprint density at radius 3 is 2.18 bits per heavy atom. The van der Waals surface area contributed by atoms with E-state index in [1.54, 1.807) is 11.8 Å². The minimum Gasteiger partial charge on any atom is -0.156 e. The largest absolute Gasteiger partial charge is 0.219 e. The maximum absolute atomic E-state index is 6.27. The third-order valence-electron chi connectivity index (χ3n) is 6.37. The Kier molecular flexibility index (Phi) is 6.64. The lowest BCUT2D eigenvalue weighted by atomic mass is 9.82. The highest BCUT2D eigenvalue weighted by Gasteiger charge is 2.37. The molecule has 1 aliphatic rings. The van der Waals surface area contributed by atoms with Crippen molar-refractivity contribution in [3.05, 3.63) is 107 Å². The summed E-state index contributed by atoms with van der Waals surface area (Å²) in [6.07, 6.45) is 5.37. The van der Waals surface area contributed by atoms with Crippen LogP contribution in [0.1, 0.15) is 30.0 Å². The number of benzene rings is 3. The molecule has 33 heavy (non-hydrogen) atoms. The number of rotatable bonds is 4. The highest BCUT2D eigenvalue weighted by atomic mass is 35.5. The van der Waals surface area contributed by atoms with Gasteiger partial charge in [-0.25, -0.2) is 0 Å². The van der Waals surface area contributed by atoms with Gasteiger partial charge in [0.2, 0.25) is 17.1 Å². The number of pyridine rings is 1. The molecule has 0 amide bonds.